The van der Waals surface area contributed by atoms with Crippen LogP contribution in [0.5, 0.6) is 0 Å². The van der Waals surface area contributed by atoms with Gasteiger partial charge in [-0.15, -0.1) is 4.40 Å². The summed E-state index contributed by atoms with van der Waals surface area (Å²) in [4.78, 5) is 27.6. The van der Waals surface area contributed by atoms with Crippen molar-refractivity contribution >= 4 is 27.7 Å². The predicted molar refractivity (Wildman–Crippen MR) is 96.8 cm³/mol. The molecule has 1 aromatic rings. The maximum Gasteiger partial charge on any atom is 0.308 e. The van der Waals surface area contributed by atoms with Crippen LogP contribution in [0.3, 0.4) is 0 Å². The van der Waals surface area contributed by atoms with Gasteiger partial charge < -0.3 is 14.9 Å². The van der Waals surface area contributed by atoms with Gasteiger partial charge in [-0.25, -0.2) is 0 Å². The highest BCUT2D eigenvalue weighted by atomic mass is 32.2. The van der Waals surface area contributed by atoms with E-state index < -0.39 is 21.9 Å². The zero-order valence-electron chi connectivity index (χ0n) is 14.7. The van der Waals surface area contributed by atoms with Gasteiger partial charge in [-0.2, -0.15) is 8.42 Å². The van der Waals surface area contributed by atoms with Crippen LogP contribution in [-0.2, 0) is 19.6 Å². The zero-order chi connectivity index (χ0) is 19.2. The molecule has 4 rings (SSSR count). The number of hydrogen-bond donors (Lipinski definition) is 1. The third-order valence-corrected chi connectivity index (χ3v) is 6.93. The van der Waals surface area contributed by atoms with Crippen molar-refractivity contribution in [2.45, 2.75) is 24.2 Å². The molecule has 1 unspecified atom stereocenters. The molecule has 27 heavy (non-hydrogen) atoms. The first kappa shape index (κ1) is 18.0. The summed E-state index contributed by atoms with van der Waals surface area (Å²) in [7, 11) is -3.65. The van der Waals surface area contributed by atoms with Gasteiger partial charge in [0.15, 0.2) is 5.84 Å². The standard InChI is InChI=1S/C18H21N3O5S/c22-17(21-10-7-13(11-21)18(23)24)12-5-8-20(9-6-12)16-14-3-1-2-4-15(14)27(25,26)19-16/h1-4,12-13H,5-11H2,(H,23,24). The molecular formula is C18H21N3O5S. The van der Waals surface area contributed by atoms with E-state index in [2.05, 4.69) is 4.40 Å². The lowest BCUT2D eigenvalue weighted by molar-refractivity contribution is -0.141. The number of aliphatic carboxylic acids is 1. The van der Waals surface area contributed by atoms with Gasteiger partial charge in [-0.3, -0.25) is 9.59 Å². The summed E-state index contributed by atoms with van der Waals surface area (Å²) >= 11 is 0. The second kappa shape index (κ2) is 6.63. The second-order valence-electron chi connectivity index (χ2n) is 7.26. The Morgan fingerprint density at radius 2 is 1.70 bits per heavy atom. The molecule has 2 fully saturated rings. The fourth-order valence-electron chi connectivity index (χ4n) is 4.08. The number of nitrogens with zero attached hydrogens (tertiary/aromatic N) is 3. The molecule has 144 valence electrons. The van der Waals surface area contributed by atoms with Crippen LogP contribution in [0.2, 0.25) is 0 Å². The topological polar surface area (TPSA) is 107 Å². The van der Waals surface area contributed by atoms with Crippen LogP contribution in [0.15, 0.2) is 33.6 Å². The van der Waals surface area contributed by atoms with E-state index in [1.807, 2.05) is 4.90 Å². The van der Waals surface area contributed by atoms with Crippen molar-refractivity contribution in [1.82, 2.24) is 9.80 Å². The molecule has 1 aromatic carbocycles. The second-order valence-corrected chi connectivity index (χ2v) is 8.83. The molecule has 0 radical (unpaired) electrons. The van der Waals surface area contributed by atoms with Crippen molar-refractivity contribution in [3.63, 3.8) is 0 Å². The highest BCUT2D eigenvalue weighted by molar-refractivity contribution is 7.90. The Hall–Kier alpha value is -2.42. The lowest BCUT2D eigenvalue weighted by Crippen LogP contribution is -2.44. The van der Waals surface area contributed by atoms with Crippen LogP contribution in [0.1, 0.15) is 24.8 Å². The van der Waals surface area contributed by atoms with Gasteiger partial charge in [-0.05, 0) is 31.4 Å². The van der Waals surface area contributed by atoms with Crippen molar-refractivity contribution in [3.05, 3.63) is 29.8 Å². The number of likely N-dealkylation sites (tertiary alicyclic amines) is 2. The van der Waals surface area contributed by atoms with E-state index >= 15 is 0 Å². The van der Waals surface area contributed by atoms with E-state index in [9.17, 15) is 18.0 Å². The summed E-state index contributed by atoms with van der Waals surface area (Å²) in [5, 5.41) is 9.09. The lowest BCUT2D eigenvalue weighted by Gasteiger charge is -2.34. The summed E-state index contributed by atoms with van der Waals surface area (Å²) < 4.78 is 28.4. The first-order valence-corrected chi connectivity index (χ1v) is 10.5. The number of piperidine rings is 1. The lowest BCUT2D eigenvalue weighted by atomic mass is 9.94. The number of carboxylic acids is 1. The van der Waals surface area contributed by atoms with Crippen LogP contribution in [0.4, 0.5) is 0 Å². The molecule has 0 aliphatic carbocycles. The van der Waals surface area contributed by atoms with Crippen molar-refractivity contribution in [2.24, 2.45) is 16.2 Å². The number of carboxylic acid groups (broad SMARTS) is 1. The minimum Gasteiger partial charge on any atom is -0.481 e. The average Bonchev–Trinajstić information content (AvgIpc) is 3.25. The average molecular weight is 391 g/mol. The Bertz CT molecular complexity index is 919. The normalized spacial score (nSPS) is 24.6. The fourth-order valence-corrected chi connectivity index (χ4v) is 5.30. The SMILES string of the molecule is O=C(O)C1CCN(C(=O)C2CCN(C3=NS(=O)(=O)c4ccccc43)CC2)C1. The maximum atomic E-state index is 12.7. The van der Waals surface area contributed by atoms with Crippen molar-refractivity contribution < 1.29 is 23.1 Å². The third kappa shape index (κ3) is 3.20. The molecule has 3 heterocycles. The van der Waals surface area contributed by atoms with E-state index in [1.54, 1.807) is 29.2 Å². The monoisotopic (exact) mass is 391 g/mol. The van der Waals surface area contributed by atoms with Crippen LogP contribution in [-0.4, -0.2) is 67.2 Å². The molecule has 9 heteroatoms. The van der Waals surface area contributed by atoms with E-state index in [0.717, 1.165) is 0 Å². The largest absolute Gasteiger partial charge is 0.481 e. The van der Waals surface area contributed by atoms with Crippen molar-refractivity contribution in [1.29, 1.82) is 0 Å². The predicted octanol–water partition coefficient (Wildman–Crippen LogP) is 0.781. The number of rotatable bonds is 2. The maximum absolute atomic E-state index is 12.7. The van der Waals surface area contributed by atoms with Crippen LogP contribution in [0, 0.1) is 11.8 Å². The van der Waals surface area contributed by atoms with Gasteiger partial charge in [0.1, 0.15) is 4.90 Å². The Labute approximate surface area is 157 Å². The van der Waals surface area contributed by atoms with E-state index in [1.165, 1.54) is 0 Å². The van der Waals surface area contributed by atoms with Crippen LogP contribution < -0.4 is 0 Å². The summed E-state index contributed by atoms with van der Waals surface area (Å²) in [6.07, 6.45) is 1.72. The number of carbonyl (C=O) groups excluding carboxylic acids is 1. The molecule has 0 aromatic heterocycles. The van der Waals surface area contributed by atoms with Gasteiger partial charge in [-0.1, -0.05) is 12.1 Å². The number of hydrogen-bond acceptors (Lipinski definition) is 5. The molecular weight excluding hydrogens is 370 g/mol. The Morgan fingerprint density at radius 1 is 1.04 bits per heavy atom. The number of fused-ring (bicyclic) bond motifs is 1. The minimum atomic E-state index is -3.65. The summed E-state index contributed by atoms with van der Waals surface area (Å²) in [6, 6.07) is 6.79. The van der Waals surface area contributed by atoms with Crippen LogP contribution in [0.25, 0.3) is 0 Å². The summed E-state index contributed by atoms with van der Waals surface area (Å²) in [5.74, 6) is -0.992. The molecule has 0 saturated carbocycles. The van der Waals surface area contributed by atoms with E-state index in [4.69, 9.17) is 5.11 Å². The first-order chi connectivity index (χ1) is 12.9. The Kier molecular flexibility index (Phi) is 4.41. The van der Waals surface area contributed by atoms with Gasteiger partial charge in [0.2, 0.25) is 5.91 Å². The smallest absolute Gasteiger partial charge is 0.308 e. The van der Waals surface area contributed by atoms with Gasteiger partial charge in [0.25, 0.3) is 10.0 Å². The molecule has 1 amide bonds. The fraction of sp³-hybridized carbons (Fsp3) is 0.500. The molecule has 0 spiro atoms. The zero-order valence-corrected chi connectivity index (χ0v) is 15.6. The third-order valence-electron chi connectivity index (χ3n) is 5.61. The summed E-state index contributed by atoms with van der Waals surface area (Å²) in [5.41, 5.74) is 0.617. The molecule has 3 aliphatic heterocycles. The van der Waals surface area contributed by atoms with Gasteiger partial charge in [0.05, 0.1) is 5.92 Å². The van der Waals surface area contributed by atoms with E-state index in [0.29, 0.717) is 50.3 Å². The minimum absolute atomic E-state index is 0.0137. The quantitative estimate of drug-likeness (QED) is 0.798. The van der Waals surface area contributed by atoms with Crippen molar-refractivity contribution in [2.75, 3.05) is 26.2 Å². The number of amidine groups is 1. The molecule has 8 nitrogen and oxygen atoms in total. The molecule has 1 atom stereocenters. The number of benzene rings is 1. The first-order valence-electron chi connectivity index (χ1n) is 9.08. The summed E-state index contributed by atoms with van der Waals surface area (Å²) in [6.45, 7) is 1.88. The van der Waals surface area contributed by atoms with Gasteiger partial charge in [0, 0.05) is 37.7 Å². The molecule has 3 aliphatic rings. The number of sulfonamides is 1. The molecule has 1 N–H and O–H groups in total. The Balaban J connectivity index is 1.42. The number of carbonyl (C=O) groups is 2. The highest BCUT2D eigenvalue weighted by Gasteiger charge is 2.37. The Morgan fingerprint density at radius 3 is 2.37 bits per heavy atom. The van der Waals surface area contributed by atoms with Gasteiger partial charge >= 0.3 is 5.97 Å². The molecule has 0 bridgehead atoms. The highest BCUT2D eigenvalue weighted by Crippen LogP contribution is 2.30. The molecule has 2 saturated heterocycles. The van der Waals surface area contributed by atoms with Crippen molar-refractivity contribution in [3.8, 4) is 0 Å². The van der Waals surface area contributed by atoms with Crippen LogP contribution >= 0.6 is 0 Å². The number of amides is 1. The van der Waals surface area contributed by atoms with E-state index in [-0.39, 0.29) is 23.3 Å².